The van der Waals surface area contributed by atoms with E-state index in [9.17, 15) is 0 Å². The van der Waals surface area contributed by atoms with Crippen molar-refractivity contribution in [2.24, 2.45) is 5.73 Å². The average molecular weight is 480 g/mol. The summed E-state index contributed by atoms with van der Waals surface area (Å²) in [6.07, 6.45) is 0. The highest BCUT2D eigenvalue weighted by Gasteiger charge is 2.10. The van der Waals surface area contributed by atoms with Crippen LogP contribution in [0.3, 0.4) is 0 Å². The summed E-state index contributed by atoms with van der Waals surface area (Å²) >= 11 is 10.5. The Morgan fingerprint density at radius 3 is 2.24 bits per heavy atom. The molecule has 2 aromatic rings. The number of nitrogens with two attached hydrogens (primary N) is 1. The summed E-state index contributed by atoms with van der Waals surface area (Å²) in [7, 11) is 1.65. The molecule has 0 aliphatic heterocycles. The van der Waals surface area contributed by atoms with Crippen LogP contribution in [0, 0.1) is 0 Å². The number of halogens is 3. The Morgan fingerprint density at radius 1 is 1.00 bits per heavy atom. The Balaban J connectivity index is 2.20. The van der Waals surface area contributed by atoms with E-state index in [1.165, 1.54) is 0 Å². The first-order valence-corrected chi connectivity index (χ1v) is 8.56. The molecule has 21 heavy (non-hydrogen) atoms. The molecule has 0 saturated heterocycles. The van der Waals surface area contributed by atoms with Crippen molar-refractivity contribution in [3.05, 3.63) is 54.9 Å². The Labute approximate surface area is 149 Å². The third-order valence-corrected chi connectivity index (χ3v) is 4.87. The monoisotopic (exact) mass is 477 g/mol. The van der Waals surface area contributed by atoms with Gasteiger partial charge in [-0.25, -0.2) is 0 Å². The average Bonchev–Trinajstić information content (AvgIpc) is 2.47. The smallest absolute Gasteiger partial charge is 0.148 e. The van der Waals surface area contributed by atoms with Crippen LogP contribution in [0.4, 0.5) is 0 Å². The topological polar surface area (TPSA) is 44.5 Å². The molecule has 6 heteroatoms. The van der Waals surface area contributed by atoms with Gasteiger partial charge < -0.3 is 15.2 Å². The molecule has 0 radical (unpaired) electrons. The van der Waals surface area contributed by atoms with Crippen LogP contribution in [-0.2, 0) is 13.2 Å². The van der Waals surface area contributed by atoms with Crippen LogP contribution in [0.25, 0.3) is 0 Å². The molecule has 2 N–H and O–H groups in total. The second kappa shape index (κ2) is 7.63. The molecule has 0 amide bonds. The van der Waals surface area contributed by atoms with Crippen molar-refractivity contribution >= 4 is 47.8 Å². The summed E-state index contributed by atoms with van der Waals surface area (Å²) in [5.74, 6) is 1.55. The lowest BCUT2D eigenvalue weighted by Gasteiger charge is -2.13. The molecule has 2 aromatic carbocycles. The van der Waals surface area contributed by atoms with Gasteiger partial charge in [-0.2, -0.15) is 0 Å². The zero-order valence-corrected chi connectivity index (χ0v) is 16.1. The van der Waals surface area contributed by atoms with Crippen molar-refractivity contribution < 1.29 is 9.47 Å². The summed E-state index contributed by atoms with van der Waals surface area (Å²) in [6.45, 7) is 0.913. The van der Waals surface area contributed by atoms with Gasteiger partial charge in [0.05, 0.1) is 16.1 Å². The van der Waals surface area contributed by atoms with E-state index >= 15 is 0 Å². The van der Waals surface area contributed by atoms with Crippen molar-refractivity contribution in [2.75, 3.05) is 7.11 Å². The van der Waals surface area contributed by atoms with E-state index < -0.39 is 0 Å². The van der Waals surface area contributed by atoms with Gasteiger partial charge in [-0.05, 0) is 67.8 Å². The van der Waals surface area contributed by atoms with E-state index in [1.807, 2.05) is 30.3 Å². The Morgan fingerprint density at radius 2 is 1.67 bits per heavy atom. The van der Waals surface area contributed by atoms with Gasteiger partial charge in [-0.1, -0.05) is 15.9 Å². The fourth-order valence-electron chi connectivity index (χ4n) is 1.81. The SMILES string of the molecule is COc1ccc(Br)c(COc2c(Br)cc(CN)cc2Br)c1. The minimum absolute atomic E-state index is 0.428. The molecule has 0 aromatic heterocycles. The van der Waals surface area contributed by atoms with Crippen molar-refractivity contribution in [1.29, 1.82) is 0 Å². The summed E-state index contributed by atoms with van der Waals surface area (Å²) in [4.78, 5) is 0. The molecule has 0 atom stereocenters. The molecular formula is C15H14Br3NO2. The first-order chi connectivity index (χ1) is 10.0. The molecule has 0 aliphatic carbocycles. The zero-order chi connectivity index (χ0) is 15.4. The molecule has 0 aliphatic rings. The van der Waals surface area contributed by atoms with Crippen molar-refractivity contribution in [3.63, 3.8) is 0 Å². The van der Waals surface area contributed by atoms with Crippen LogP contribution >= 0.6 is 47.8 Å². The minimum atomic E-state index is 0.428. The maximum absolute atomic E-state index is 5.91. The lowest BCUT2D eigenvalue weighted by molar-refractivity contribution is 0.300. The van der Waals surface area contributed by atoms with Gasteiger partial charge in [0, 0.05) is 16.6 Å². The second-order valence-electron chi connectivity index (χ2n) is 4.34. The van der Waals surface area contributed by atoms with E-state index in [1.54, 1.807) is 7.11 Å². The number of methoxy groups -OCH3 is 1. The maximum atomic E-state index is 5.91. The third-order valence-electron chi connectivity index (χ3n) is 2.92. The number of ether oxygens (including phenoxy) is 2. The molecule has 0 bridgehead atoms. The summed E-state index contributed by atoms with van der Waals surface area (Å²) < 4.78 is 13.9. The lowest BCUT2D eigenvalue weighted by Crippen LogP contribution is -2.01. The Hall–Kier alpha value is -0.560. The lowest BCUT2D eigenvalue weighted by atomic mass is 10.2. The van der Waals surface area contributed by atoms with Gasteiger partial charge in [-0.3, -0.25) is 0 Å². The number of hydrogen-bond donors (Lipinski definition) is 1. The third kappa shape index (κ3) is 4.22. The summed E-state index contributed by atoms with van der Waals surface area (Å²) in [5.41, 5.74) is 7.69. The fraction of sp³-hybridized carbons (Fsp3) is 0.200. The second-order valence-corrected chi connectivity index (χ2v) is 6.90. The highest BCUT2D eigenvalue weighted by atomic mass is 79.9. The van der Waals surface area contributed by atoms with Gasteiger partial charge in [0.15, 0.2) is 0 Å². The first kappa shape index (κ1) is 16.8. The van der Waals surface area contributed by atoms with Crippen LogP contribution in [0.5, 0.6) is 11.5 Å². The Kier molecular flexibility index (Phi) is 6.10. The van der Waals surface area contributed by atoms with E-state index in [-0.39, 0.29) is 0 Å². The highest BCUT2D eigenvalue weighted by Crippen LogP contribution is 2.36. The van der Waals surface area contributed by atoms with Gasteiger partial charge in [0.25, 0.3) is 0 Å². The van der Waals surface area contributed by atoms with E-state index in [2.05, 4.69) is 47.8 Å². The predicted molar refractivity (Wildman–Crippen MR) is 94.8 cm³/mol. The molecule has 0 spiro atoms. The standard InChI is InChI=1S/C15H14Br3NO2/c1-20-11-2-3-12(16)10(6-11)8-21-15-13(17)4-9(7-19)5-14(15)18/h2-6H,7-8,19H2,1H3. The summed E-state index contributed by atoms with van der Waals surface area (Å²) in [6, 6.07) is 9.70. The van der Waals surface area contributed by atoms with Crippen LogP contribution < -0.4 is 15.2 Å². The number of benzene rings is 2. The van der Waals surface area contributed by atoms with Crippen LogP contribution in [0.2, 0.25) is 0 Å². The van der Waals surface area contributed by atoms with Crippen molar-refractivity contribution in [3.8, 4) is 11.5 Å². The molecule has 0 unspecified atom stereocenters. The summed E-state index contributed by atoms with van der Waals surface area (Å²) in [5, 5.41) is 0. The van der Waals surface area contributed by atoms with Crippen molar-refractivity contribution in [2.45, 2.75) is 13.2 Å². The van der Waals surface area contributed by atoms with E-state index in [4.69, 9.17) is 15.2 Å². The molecule has 2 rings (SSSR count). The van der Waals surface area contributed by atoms with Gasteiger partial charge in [-0.15, -0.1) is 0 Å². The predicted octanol–water partition coefficient (Wildman–Crippen LogP) is 5.02. The molecule has 0 heterocycles. The fourth-order valence-corrected chi connectivity index (χ4v) is 3.68. The van der Waals surface area contributed by atoms with Crippen LogP contribution in [-0.4, -0.2) is 7.11 Å². The van der Waals surface area contributed by atoms with E-state index in [0.29, 0.717) is 13.2 Å². The maximum Gasteiger partial charge on any atom is 0.148 e. The van der Waals surface area contributed by atoms with Gasteiger partial charge >= 0.3 is 0 Å². The molecule has 3 nitrogen and oxygen atoms in total. The quantitative estimate of drug-likeness (QED) is 0.655. The number of hydrogen-bond acceptors (Lipinski definition) is 3. The highest BCUT2D eigenvalue weighted by molar-refractivity contribution is 9.11. The van der Waals surface area contributed by atoms with Crippen LogP contribution in [0.1, 0.15) is 11.1 Å². The minimum Gasteiger partial charge on any atom is -0.497 e. The normalized spacial score (nSPS) is 10.5. The van der Waals surface area contributed by atoms with Crippen LogP contribution in [0.15, 0.2) is 43.7 Å². The number of rotatable bonds is 5. The van der Waals surface area contributed by atoms with Gasteiger partial charge in [0.1, 0.15) is 18.1 Å². The van der Waals surface area contributed by atoms with Gasteiger partial charge in [0.2, 0.25) is 0 Å². The molecule has 112 valence electrons. The zero-order valence-electron chi connectivity index (χ0n) is 11.3. The largest absolute Gasteiger partial charge is 0.497 e. The first-order valence-electron chi connectivity index (χ1n) is 6.18. The van der Waals surface area contributed by atoms with Crippen molar-refractivity contribution in [1.82, 2.24) is 0 Å². The molecule has 0 saturated carbocycles. The Bertz CT molecular complexity index is 624. The molecule has 0 fully saturated rings. The van der Waals surface area contributed by atoms with E-state index in [0.717, 1.165) is 36.0 Å². The molecular weight excluding hydrogens is 466 g/mol.